The van der Waals surface area contributed by atoms with Crippen LogP contribution in [0.2, 0.25) is 5.02 Å². The number of hydrogen-bond donors (Lipinski definition) is 0. The Morgan fingerprint density at radius 2 is 1.92 bits per heavy atom. The Balaban J connectivity index is 1.81. The van der Waals surface area contributed by atoms with Crippen LogP contribution < -0.4 is 4.74 Å². The van der Waals surface area contributed by atoms with Crippen molar-refractivity contribution < 1.29 is 9.53 Å². The summed E-state index contributed by atoms with van der Waals surface area (Å²) < 4.78 is 7.89. The van der Waals surface area contributed by atoms with Gasteiger partial charge in [-0.25, -0.2) is 4.98 Å². The minimum atomic E-state index is 0.00548. The molecule has 0 N–H and O–H groups in total. The number of rotatable bonds is 6. The van der Waals surface area contributed by atoms with Gasteiger partial charge in [0, 0.05) is 14.0 Å². The summed E-state index contributed by atoms with van der Waals surface area (Å²) in [5.74, 6) is 1.50. The fraction of sp³-hybridized carbons (Fsp3) is 0.263. The van der Waals surface area contributed by atoms with Crippen LogP contribution >= 0.6 is 11.6 Å². The molecule has 1 amide bonds. The largest absolute Gasteiger partial charge is 0.490 e. The second-order valence-corrected chi connectivity index (χ2v) is 6.23. The molecule has 1 aromatic heterocycles. The van der Waals surface area contributed by atoms with Crippen LogP contribution in [0.3, 0.4) is 0 Å². The first-order valence-electron chi connectivity index (χ1n) is 8.09. The summed E-state index contributed by atoms with van der Waals surface area (Å²) in [6, 6.07) is 15.3. The molecule has 0 aliphatic heterocycles. The first kappa shape index (κ1) is 17.3. The van der Waals surface area contributed by atoms with E-state index in [0.29, 0.717) is 30.5 Å². The van der Waals surface area contributed by atoms with Crippen LogP contribution in [0.25, 0.3) is 11.0 Å². The average molecular weight is 358 g/mol. The van der Waals surface area contributed by atoms with Gasteiger partial charge in [-0.05, 0) is 24.3 Å². The SMILES string of the molecule is CC(=O)N(C)Cc1nc2ccccc2n1CCOc1ccccc1Cl. The zero-order chi connectivity index (χ0) is 17.8. The number of halogens is 1. The predicted octanol–water partition coefficient (Wildman–Crippen LogP) is 3.75. The van der Waals surface area contributed by atoms with E-state index in [1.165, 1.54) is 0 Å². The van der Waals surface area contributed by atoms with Crippen molar-refractivity contribution in [3.63, 3.8) is 0 Å². The lowest BCUT2D eigenvalue weighted by molar-refractivity contribution is -0.128. The van der Waals surface area contributed by atoms with E-state index in [4.69, 9.17) is 16.3 Å². The minimum absolute atomic E-state index is 0.00548. The lowest BCUT2D eigenvalue weighted by Crippen LogP contribution is -2.25. The molecule has 3 aromatic rings. The van der Waals surface area contributed by atoms with Crippen LogP contribution in [0.1, 0.15) is 12.7 Å². The summed E-state index contributed by atoms with van der Waals surface area (Å²) >= 11 is 6.13. The van der Waals surface area contributed by atoms with Gasteiger partial charge in [0.1, 0.15) is 18.2 Å². The molecule has 0 saturated heterocycles. The van der Waals surface area contributed by atoms with Crippen molar-refractivity contribution in [2.75, 3.05) is 13.7 Å². The highest BCUT2D eigenvalue weighted by atomic mass is 35.5. The lowest BCUT2D eigenvalue weighted by atomic mass is 10.3. The molecule has 130 valence electrons. The summed E-state index contributed by atoms with van der Waals surface area (Å²) in [5, 5.41) is 0.592. The maximum atomic E-state index is 11.6. The van der Waals surface area contributed by atoms with Crippen LogP contribution in [0.5, 0.6) is 5.75 Å². The number of aromatic nitrogens is 2. The maximum Gasteiger partial charge on any atom is 0.219 e. The Bertz CT molecular complexity index is 891. The number of hydrogen-bond acceptors (Lipinski definition) is 3. The van der Waals surface area contributed by atoms with Crippen LogP contribution in [-0.2, 0) is 17.9 Å². The molecule has 0 saturated carbocycles. The van der Waals surface area contributed by atoms with Crippen LogP contribution in [-0.4, -0.2) is 34.0 Å². The van der Waals surface area contributed by atoms with E-state index in [0.717, 1.165) is 16.9 Å². The van der Waals surface area contributed by atoms with Crippen LogP contribution in [0, 0.1) is 0 Å². The van der Waals surface area contributed by atoms with Gasteiger partial charge in [-0.1, -0.05) is 35.9 Å². The van der Waals surface area contributed by atoms with Gasteiger partial charge in [0.05, 0.1) is 29.1 Å². The Kier molecular flexibility index (Phi) is 5.24. The van der Waals surface area contributed by atoms with Gasteiger partial charge in [-0.15, -0.1) is 0 Å². The highest BCUT2D eigenvalue weighted by molar-refractivity contribution is 6.32. The summed E-state index contributed by atoms with van der Waals surface area (Å²) in [5.41, 5.74) is 1.93. The van der Waals surface area contributed by atoms with Gasteiger partial charge in [-0.3, -0.25) is 4.79 Å². The summed E-state index contributed by atoms with van der Waals surface area (Å²) in [6.07, 6.45) is 0. The van der Waals surface area contributed by atoms with E-state index in [-0.39, 0.29) is 5.91 Å². The molecule has 2 aromatic carbocycles. The Hall–Kier alpha value is -2.53. The molecule has 25 heavy (non-hydrogen) atoms. The molecule has 5 nitrogen and oxygen atoms in total. The van der Waals surface area contributed by atoms with E-state index in [1.54, 1.807) is 24.9 Å². The van der Waals surface area contributed by atoms with Gasteiger partial charge in [0.15, 0.2) is 0 Å². The smallest absolute Gasteiger partial charge is 0.219 e. The molecule has 0 bridgehead atoms. The molecule has 0 spiro atoms. The van der Waals surface area contributed by atoms with Crippen molar-refractivity contribution in [3.05, 3.63) is 59.4 Å². The van der Waals surface area contributed by atoms with Crippen molar-refractivity contribution in [2.45, 2.75) is 20.0 Å². The summed E-state index contributed by atoms with van der Waals surface area (Å²) in [7, 11) is 1.77. The van der Waals surface area contributed by atoms with Crippen molar-refractivity contribution >= 4 is 28.5 Å². The molecule has 0 radical (unpaired) electrons. The van der Waals surface area contributed by atoms with E-state index >= 15 is 0 Å². The van der Waals surface area contributed by atoms with Crippen LogP contribution in [0.4, 0.5) is 0 Å². The number of fused-ring (bicyclic) bond motifs is 1. The molecule has 0 fully saturated rings. The first-order valence-corrected chi connectivity index (χ1v) is 8.47. The van der Waals surface area contributed by atoms with Crippen molar-refractivity contribution in [1.29, 1.82) is 0 Å². The number of para-hydroxylation sites is 3. The number of carbonyl (C=O) groups excluding carboxylic acids is 1. The minimum Gasteiger partial charge on any atom is -0.490 e. The number of nitrogens with zero attached hydrogens (tertiary/aromatic N) is 3. The van der Waals surface area contributed by atoms with Gasteiger partial charge in [0.2, 0.25) is 5.91 Å². The third-order valence-electron chi connectivity index (χ3n) is 4.06. The molecule has 3 rings (SSSR count). The highest BCUT2D eigenvalue weighted by Crippen LogP contribution is 2.23. The lowest BCUT2D eigenvalue weighted by Gasteiger charge is -2.16. The number of amides is 1. The van der Waals surface area contributed by atoms with Crippen LogP contribution in [0.15, 0.2) is 48.5 Å². The molecule has 1 heterocycles. The average Bonchev–Trinajstić information content (AvgIpc) is 2.94. The Morgan fingerprint density at radius 3 is 2.68 bits per heavy atom. The van der Waals surface area contributed by atoms with Crippen molar-refractivity contribution in [1.82, 2.24) is 14.5 Å². The molecule has 0 unspecified atom stereocenters. The van der Waals surface area contributed by atoms with E-state index in [1.807, 2.05) is 42.5 Å². The third-order valence-corrected chi connectivity index (χ3v) is 4.37. The van der Waals surface area contributed by atoms with Gasteiger partial charge in [0.25, 0.3) is 0 Å². The number of ether oxygens (including phenoxy) is 1. The Morgan fingerprint density at radius 1 is 1.20 bits per heavy atom. The molecule has 0 aliphatic rings. The molecule has 0 aliphatic carbocycles. The monoisotopic (exact) mass is 357 g/mol. The molecule has 6 heteroatoms. The second-order valence-electron chi connectivity index (χ2n) is 5.82. The van der Waals surface area contributed by atoms with Gasteiger partial charge >= 0.3 is 0 Å². The van der Waals surface area contributed by atoms with Crippen molar-refractivity contribution in [2.24, 2.45) is 0 Å². The zero-order valence-electron chi connectivity index (χ0n) is 14.3. The number of carbonyl (C=O) groups is 1. The molecule has 0 atom stereocenters. The highest BCUT2D eigenvalue weighted by Gasteiger charge is 2.14. The number of benzene rings is 2. The quantitative estimate of drug-likeness (QED) is 0.675. The zero-order valence-corrected chi connectivity index (χ0v) is 15.0. The second kappa shape index (κ2) is 7.57. The number of imidazole rings is 1. The van der Waals surface area contributed by atoms with E-state index < -0.39 is 0 Å². The summed E-state index contributed by atoms with van der Waals surface area (Å²) in [6.45, 7) is 3.08. The standard InChI is InChI=1S/C19H20ClN3O2/c1-14(24)22(2)13-19-21-16-8-4-5-9-17(16)23(19)11-12-25-18-10-6-3-7-15(18)20/h3-10H,11-13H2,1-2H3. The maximum absolute atomic E-state index is 11.6. The van der Waals surface area contributed by atoms with E-state index in [2.05, 4.69) is 9.55 Å². The van der Waals surface area contributed by atoms with Crippen molar-refractivity contribution in [3.8, 4) is 5.75 Å². The fourth-order valence-corrected chi connectivity index (χ4v) is 2.82. The summed E-state index contributed by atoms with van der Waals surface area (Å²) in [4.78, 5) is 17.9. The van der Waals surface area contributed by atoms with E-state index in [9.17, 15) is 4.79 Å². The van der Waals surface area contributed by atoms with Gasteiger partial charge < -0.3 is 14.2 Å². The molecular formula is C19H20ClN3O2. The predicted molar refractivity (Wildman–Crippen MR) is 98.8 cm³/mol. The Labute approximate surface area is 151 Å². The normalized spacial score (nSPS) is 10.8. The topological polar surface area (TPSA) is 47.4 Å². The third kappa shape index (κ3) is 3.94. The molecular weight excluding hydrogens is 338 g/mol. The fourth-order valence-electron chi connectivity index (χ4n) is 2.63. The first-order chi connectivity index (χ1) is 12.1. The van der Waals surface area contributed by atoms with Gasteiger partial charge in [-0.2, -0.15) is 0 Å².